The first-order valence-corrected chi connectivity index (χ1v) is 9.91. The predicted molar refractivity (Wildman–Crippen MR) is 109 cm³/mol. The number of benzene rings is 1. The van der Waals surface area contributed by atoms with Crippen molar-refractivity contribution < 1.29 is 4.79 Å². The maximum absolute atomic E-state index is 12.9. The molecule has 0 unspecified atom stereocenters. The normalized spacial score (nSPS) is 14.4. The monoisotopic (exact) mass is 401 g/mol. The van der Waals surface area contributed by atoms with Crippen molar-refractivity contribution in [3.05, 3.63) is 23.2 Å². The molecule has 138 valence electrons. The molecule has 1 heterocycles. The van der Waals surface area contributed by atoms with E-state index in [-0.39, 0.29) is 24.2 Å². The highest BCUT2D eigenvalue weighted by Crippen LogP contribution is 2.34. The second kappa shape index (κ2) is 9.17. The second-order valence-corrected chi connectivity index (χ2v) is 7.70. The summed E-state index contributed by atoms with van der Waals surface area (Å²) >= 11 is 7.64. The first-order chi connectivity index (χ1) is 11.6. The number of carbonyl (C=O) groups is 1. The number of hydrogen-bond acceptors (Lipinski definition) is 4. The summed E-state index contributed by atoms with van der Waals surface area (Å²) in [6.45, 7) is 7.88. The van der Waals surface area contributed by atoms with Crippen LogP contribution in [0.3, 0.4) is 0 Å². The fourth-order valence-electron chi connectivity index (χ4n) is 2.96. The second-order valence-electron chi connectivity index (χ2n) is 6.25. The molecule has 0 radical (unpaired) electrons. The van der Waals surface area contributed by atoms with E-state index >= 15 is 0 Å². The predicted octanol–water partition coefficient (Wildman–Crippen LogP) is 4.85. The Kier molecular flexibility index (Phi) is 7.50. The molecular weight excluding hydrogens is 377 g/mol. The van der Waals surface area contributed by atoms with Crippen LogP contribution < -0.4 is 4.90 Å². The molecule has 0 spiro atoms. The van der Waals surface area contributed by atoms with Gasteiger partial charge < -0.3 is 4.90 Å². The molecule has 25 heavy (non-hydrogen) atoms. The van der Waals surface area contributed by atoms with Crippen LogP contribution in [0.15, 0.2) is 18.2 Å². The Bertz CT molecular complexity index is 713. The number of nitrogens with zero attached hydrogens (tertiary/aromatic N) is 3. The zero-order valence-electron chi connectivity index (χ0n) is 14.7. The highest BCUT2D eigenvalue weighted by atomic mass is 35.5. The minimum Gasteiger partial charge on any atom is -0.302 e. The van der Waals surface area contributed by atoms with E-state index in [2.05, 4.69) is 18.7 Å². The lowest BCUT2D eigenvalue weighted by molar-refractivity contribution is -0.124. The van der Waals surface area contributed by atoms with E-state index < -0.39 is 0 Å². The van der Waals surface area contributed by atoms with Gasteiger partial charge in [0, 0.05) is 24.0 Å². The number of amides is 1. The fraction of sp³-hybridized carbons (Fsp3) is 0.556. The molecular formula is C18H25Cl2N3OS. The van der Waals surface area contributed by atoms with Gasteiger partial charge in [-0.15, -0.1) is 12.4 Å². The van der Waals surface area contributed by atoms with E-state index in [1.807, 2.05) is 23.1 Å². The summed E-state index contributed by atoms with van der Waals surface area (Å²) in [6.07, 6.45) is 3.18. The van der Waals surface area contributed by atoms with E-state index in [0.717, 1.165) is 54.2 Å². The molecule has 2 aromatic rings. The van der Waals surface area contributed by atoms with Gasteiger partial charge in [0.25, 0.3) is 0 Å². The average molecular weight is 402 g/mol. The third kappa shape index (κ3) is 4.64. The van der Waals surface area contributed by atoms with Gasteiger partial charge in [-0.25, -0.2) is 4.98 Å². The third-order valence-corrected chi connectivity index (χ3v) is 6.10. The molecule has 1 fully saturated rings. The van der Waals surface area contributed by atoms with Crippen molar-refractivity contribution in [3.63, 3.8) is 0 Å². The summed E-state index contributed by atoms with van der Waals surface area (Å²) < 4.78 is 1.03. The number of thiazole rings is 1. The SMILES string of the molecule is CCN(CC)CCN(C(=O)C1CCC1)c1nc2ccc(Cl)cc2s1.Cl. The lowest BCUT2D eigenvalue weighted by Gasteiger charge is -2.31. The molecule has 1 aromatic carbocycles. The number of hydrogen-bond donors (Lipinski definition) is 0. The van der Waals surface area contributed by atoms with Crippen molar-refractivity contribution in [2.45, 2.75) is 33.1 Å². The lowest BCUT2D eigenvalue weighted by atomic mass is 9.84. The molecule has 1 aliphatic rings. The van der Waals surface area contributed by atoms with Crippen molar-refractivity contribution in [2.75, 3.05) is 31.1 Å². The van der Waals surface area contributed by atoms with Gasteiger partial charge >= 0.3 is 0 Å². The molecule has 3 rings (SSSR count). The molecule has 1 saturated carbocycles. The van der Waals surface area contributed by atoms with E-state index in [1.165, 1.54) is 0 Å². The molecule has 0 bridgehead atoms. The van der Waals surface area contributed by atoms with Gasteiger partial charge in [0.1, 0.15) is 0 Å². The largest absolute Gasteiger partial charge is 0.302 e. The molecule has 0 atom stereocenters. The van der Waals surface area contributed by atoms with Crippen LogP contribution in [0, 0.1) is 5.92 Å². The summed E-state index contributed by atoms with van der Waals surface area (Å²) in [5.41, 5.74) is 0.911. The molecule has 1 aliphatic carbocycles. The van der Waals surface area contributed by atoms with Crippen molar-refractivity contribution in [1.29, 1.82) is 0 Å². The maximum Gasteiger partial charge on any atom is 0.231 e. The Morgan fingerprint density at radius 3 is 2.60 bits per heavy atom. The first-order valence-electron chi connectivity index (χ1n) is 8.72. The summed E-state index contributed by atoms with van der Waals surface area (Å²) in [7, 11) is 0. The zero-order valence-corrected chi connectivity index (χ0v) is 17.1. The number of carbonyl (C=O) groups excluding carboxylic acids is 1. The van der Waals surface area contributed by atoms with Crippen LogP contribution in [0.1, 0.15) is 33.1 Å². The van der Waals surface area contributed by atoms with Crippen LogP contribution >= 0.6 is 35.3 Å². The molecule has 0 aliphatic heterocycles. The quantitative estimate of drug-likeness (QED) is 0.665. The third-order valence-electron chi connectivity index (χ3n) is 4.82. The number of anilines is 1. The number of aromatic nitrogens is 1. The van der Waals surface area contributed by atoms with Crippen molar-refractivity contribution in [3.8, 4) is 0 Å². The fourth-order valence-corrected chi connectivity index (χ4v) is 4.23. The minimum absolute atomic E-state index is 0. The smallest absolute Gasteiger partial charge is 0.231 e. The van der Waals surface area contributed by atoms with E-state index in [9.17, 15) is 4.79 Å². The molecule has 7 heteroatoms. The summed E-state index contributed by atoms with van der Waals surface area (Å²) in [6, 6.07) is 5.70. The maximum atomic E-state index is 12.9. The molecule has 0 saturated heterocycles. The molecule has 0 N–H and O–H groups in total. The Morgan fingerprint density at radius 1 is 1.28 bits per heavy atom. The highest BCUT2D eigenvalue weighted by Gasteiger charge is 2.31. The first kappa shape index (κ1) is 20.4. The molecule has 1 amide bonds. The van der Waals surface area contributed by atoms with Gasteiger partial charge in [0.2, 0.25) is 5.91 Å². The van der Waals surface area contributed by atoms with Gasteiger partial charge in [-0.1, -0.05) is 43.2 Å². The standard InChI is InChI=1S/C18H24ClN3OS.ClH/c1-3-21(4-2)10-11-22(17(23)13-6-5-7-13)18-20-15-9-8-14(19)12-16(15)24-18;/h8-9,12-13H,3-7,10-11H2,1-2H3;1H. The van der Waals surface area contributed by atoms with Crippen LogP contribution in [0.5, 0.6) is 0 Å². The van der Waals surface area contributed by atoms with Crippen LogP contribution in [-0.4, -0.2) is 42.0 Å². The number of likely N-dealkylation sites (N-methyl/N-ethyl adjacent to an activating group) is 1. The topological polar surface area (TPSA) is 36.4 Å². The summed E-state index contributed by atoms with van der Waals surface area (Å²) in [5, 5.41) is 1.51. The van der Waals surface area contributed by atoms with Gasteiger partial charge in [0.15, 0.2) is 5.13 Å². The average Bonchev–Trinajstić information content (AvgIpc) is 2.92. The van der Waals surface area contributed by atoms with E-state index in [1.54, 1.807) is 11.3 Å². The van der Waals surface area contributed by atoms with Gasteiger partial charge in [-0.2, -0.15) is 0 Å². The van der Waals surface area contributed by atoms with Gasteiger partial charge in [-0.3, -0.25) is 9.69 Å². The van der Waals surface area contributed by atoms with Crippen LogP contribution in [0.2, 0.25) is 5.02 Å². The number of fused-ring (bicyclic) bond motifs is 1. The van der Waals surface area contributed by atoms with Crippen molar-refractivity contribution in [2.24, 2.45) is 5.92 Å². The number of rotatable bonds is 7. The minimum atomic E-state index is 0. The van der Waals surface area contributed by atoms with Crippen LogP contribution in [0.25, 0.3) is 10.2 Å². The van der Waals surface area contributed by atoms with Crippen LogP contribution in [-0.2, 0) is 4.79 Å². The molecule has 1 aromatic heterocycles. The van der Waals surface area contributed by atoms with Gasteiger partial charge in [-0.05, 0) is 44.1 Å². The Labute approximate surface area is 164 Å². The van der Waals surface area contributed by atoms with Gasteiger partial charge in [0.05, 0.1) is 10.2 Å². The van der Waals surface area contributed by atoms with Crippen molar-refractivity contribution >= 4 is 56.6 Å². The highest BCUT2D eigenvalue weighted by molar-refractivity contribution is 7.22. The lowest BCUT2D eigenvalue weighted by Crippen LogP contribution is -2.43. The molecule has 4 nitrogen and oxygen atoms in total. The number of halogens is 2. The summed E-state index contributed by atoms with van der Waals surface area (Å²) in [4.78, 5) is 21.8. The van der Waals surface area contributed by atoms with E-state index in [4.69, 9.17) is 16.6 Å². The van der Waals surface area contributed by atoms with Crippen LogP contribution in [0.4, 0.5) is 5.13 Å². The summed E-state index contributed by atoms with van der Waals surface area (Å²) in [5.74, 6) is 0.413. The Balaban J connectivity index is 0.00000225. The Morgan fingerprint density at radius 2 is 2.00 bits per heavy atom. The van der Waals surface area contributed by atoms with E-state index in [0.29, 0.717) is 11.6 Å². The Hall–Kier alpha value is -0.880. The zero-order chi connectivity index (χ0) is 17.1. The van der Waals surface area contributed by atoms with Crippen molar-refractivity contribution in [1.82, 2.24) is 9.88 Å².